The second-order valence-corrected chi connectivity index (χ2v) is 3.20. The lowest BCUT2D eigenvalue weighted by molar-refractivity contribution is -0.116. The van der Waals surface area contributed by atoms with E-state index in [4.69, 9.17) is 11.6 Å². The zero-order valence-corrected chi connectivity index (χ0v) is 8.79. The summed E-state index contributed by atoms with van der Waals surface area (Å²) in [6, 6.07) is 0.204. The molecule has 1 rings (SSSR count). The number of amides is 1. The summed E-state index contributed by atoms with van der Waals surface area (Å²) >= 11 is 5.52. The van der Waals surface area contributed by atoms with Crippen LogP contribution >= 0.6 is 11.6 Å². The van der Waals surface area contributed by atoms with Gasteiger partial charge in [0.2, 0.25) is 6.41 Å². The number of carbonyl (C=O) groups is 1. The summed E-state index contributed by atoms with van der Waals surface area (Å²) in [5.74, 6) is 0. The number of nitrogens with zero attached hydrogens (tertiary/aromatic N) is 3. The van der Waals surface area contributed by atoms with Crippen LogP contribution in [0.1, 0.15) is 6.92 Å². The minimum atomic E-state index is 0.204. The molecule has 5 heteroatoms. The Morgan fingerprint density at radius 3 is 2.93 bits per heavy atom. The number of hydrogen-bond donors (Lipinski definition) is 0. The van der Waals surface area contributed by atoms with Gasteiger partial charge in [0.05, 0.1) is 12.3 Å². The Balaban J connectivity index is 2.99. The molecule has 0 N–H and O–H groups in total. The zero-order chi connectivity index (χ0) is 10.6. The van der Waals surface area contributed by atoms with Crippen molar-refractivity contribution in [2.75, 3.05) is 19.1 Å². The van der Waals surface area contributed by atoms with E-state index in [1.54, 1.807) is 4.90 Å². The summed E-state index contributed by atoms with van der Waals surface area (Å²) in [6.07, 6.45) is 0.799. The van der Waals surface area contributed by atoms with E-state index in [0.717, 1.165) is 23.4 Å². The van der Waals surface area contributed by atoms with E-state index >= 15 is 0 Å². The Kier molecular flexibility index (Phi) is 3.83. The Bertz CT molecular complexity index is 309. The fourth-order valence-electron chi connectivity index (χ4n) is 1.35. The minimum Gasteiger partial charge on any atom is -0.335 e. The molecule has 76 valence electrons. The quantitative estimate of drug-likeness (QED) is 0.299. The number of rotatable bonds is 3. The normalized spacial score (nSPS) is 22.7. The van der Waals surface area contributed by atoms with Gasteiger partial charge in [0.25, 0.3) is 0 Å². The van der Waals surface area contributed by atoms with Crippen LogP contribution in [0.4, 0.5) is 0 Å². The number of halogens is 1. The van der Waals surface area contributed by atoms with Crippen LogP contribution in [0, 0.1) is 0 Å². The van der Waals surface area contributed by atoms with E-state index in [9.17, 15) is 4.79 Å². The van der Waals surface area contributed by atoms with Crippen LogP contribution in [0.25, 0.3) is 0 Å². The van der Waals surface area contributed by atoms with Crippen LogP contribution in [-0.2, 0) is 4.79 Å². The second-order valence-electron chi connectivity index (χ2n) is 2.96. The van der Waals surface area contributed by atoms with Crippen molar-refractivity contribution in [3.63, 3.8) is 0 Å². The van der Waals surface area contributed by atoms with Gasteiger partial charge in [0, 0.05) is 17.8 Å². The summed E-state index contributed by atoms with van der Waals surface area (Å²) in [5, 5.41) is 0. The Morgan fingerprint density at radius 2 is 2.43 bits per heavy atom. The molecule has 1 aliphatic heterocycles. The van der Waals surface area contributed by atoms with E-state index in [0.29, 0.717) is 13.1 Å². The SMILES string of the molecule is C=N/C(C)=C1/CN(C=O)C/C1=N/CCl. The van der Waals surface area contributed by atoms with Crippen molar-refractivity contribution in [2.24, 2.45) is 9.98 Å². The average Bonchev–Trinajstić information content (AvgIpc) is 2.61. The molecule has 4 nitrogen and oxygen atoms in total. The third-order valence-electron chi connectivity index (χ3n) is 2.14. The number of hydrogen-bond acceptors (Lipinski definition) is 3. The molecule has 1 fully saturated rings. The van der Waals surface area contributed by atoms with Gasteiger partial charge < -0.3 is 4.90 Å². The topological polar surface area (TPSA) is 45.0 Å². The highest BCUT2D eigenvalue weighted by Gasteiger charge is 2.23. The van der Waals surface area contributed by atoms with E-state index in [2.05, 4.69) is 16.7 Å². The molecule has 14 heavy (non-hydrogen) atoms. The van der Waals surface area contributed by atoms with Crippen molar-refractivity contribution in [3.8, 4) is 0 Å². The third kappa shape index (κ3) is 2.20. The maximum absolute atomic E-state index is 10.6. The fraction of sp³-hybridized carbons (Fsp3) is 0.444. The smallest absolute Gasteiger partial charge is 0.210 e. The molecule has 0 radical (unpaired) electrons. The monoisotopic (exact) mass is 213 g/mol. The molecule has 0 aliphatic carbocycles. The number of likely N-dealkylation sites (tertiary alicyclic amines) is 1. The largest absolute Gasteiger partial charge is 0.335 e. The molecule has 0 aromatic rings. The highest BCUT2D eigenvalue weighted by atomic mass is 35.5. The molecule has 0 aromatic heterocycles. The minimum absolute atomic E-state index is 0.204. The first-order valence-electron chi connectivity index (χ1n) is 4.18. The number of alkyl halides is 1. The van der Waals surface area contributed by atoms with Gasteiger partial charge >= 0.3 is 0 Å². The van der Waals surface area contributed by atoms with Crippen molar-refractivity contribution in [1.29, 1.82) is 0 Å². The lowest BCUT2D eigenvalue weighted by atomic mass is 10.1. The van der Waals surface area contributed by atoms with Gasteiger partial charge in [-0.3, -0.25) is 14.8 Å². The highest BCUT2D eigenvalue weighted by Crippen LogP contribution is 2.16. The lowest BCUT2D eigenvalue weighted by Crippen LogP contribution is -2.17. The molecular formula is C9H12ClN3O. The van der Waals surface area contributed by atoms with Crippen molar-refractivity contribution in [2.45, 2.75) is 6.92 Å². The number of aliphatic imine (C=N–C) groups is 2. The van der Waals surface area contributed by atoms with Crippen LogP contribution in [0.15, 0.2) is 21.3 Å². The van der Waals surface area contributed by atoms with Crippen molar-refractivity contribution in [3.05, 3.63) is 11.3 Å². The number of carbonyl (C=O) groups excluding carboxylic acids is 1. The van der Waals surface area contributed by atoms with E-state index in [1.165, 1.54) is 0 Å². The average molecular weight is 214 g/mol. The first-order valence-corrected chi connectivity index (χ1v) is 4.71. The standard InChI is InChI=1S/C9H12ClN3O/c1-7(11-2)8-3-13(6-14)4-9(8)12-5-10/h6H,2-5H2,1H3/b8-7-,12-9-. The van der Waals surface area contributed by atoms with Gasteiger partial charge in [-0.1, -0.05) is 0 Å². The van der Waals surface area contributed by atoms with Gasteiger partial charge in [-0.25, -0.2) is 0 Å². The van der Waals surface area contributed by atoms with Crippen LogP contribution in [0.3, 0.4) is 0 Å². The van der Waals surface area contributed by atoms with Gasteiger partial charge in [-0.05, 0) is 13.6 Å². The lowest BCUT2D eigenvalue weighted by Gasteiger charge is -2.03. The van der Waals surface area contributed by atoms with Gasteiger partial charge in [0.15, 0.2) is 0 Å². The Labute approximate surface area is 88.0 Å². The molecule has 0 spiro atoms. The first kappa shape index (κ1) is 10.9. The van der Waals surface area contributed by atoms with Crippen LogP contribution in [0.5, 0.6) is 0 Å². The molecule has 0 aromatic carbocycles. The summed E-state index contributed by atoms with van der Waals surface area (Å²) in [4.78, 5) is 20.1. The fourth-order valence-corrected chi connectivity index (χ4v) is 1.49. The maximum atomic E-state index is 10.6. The van der Waals surface area contributed by atoms with Crippen molar-refractivity contribution < 1.29 is 4.79 Å². The predicted octanol–water partition coefficient (Wildman–Crippen LogP) is 1.07. The van der Waals surface area contributed by atoms with Crippen LogP contribution in [-0.4, -0.2) is 42.8 Å². The summed E-state index contributed by atoms with van der Waals surface area (Å²) < 4.78 is 0. The van der Waals surface area contributed by atoms with E-state index in [-0.39, 0.29) is 6.00 Å². The molecule has 1 amide bonds. The predicted molar refractivity (Wildman–Crippen MR) is 58.0 cm³/mol. The summed E-state index contributed by atoms with van der Waals surface area (Å²) in [7, 11) is 0. The zero-order valence-electron chi connectivity index (χ0n) is 8.03. The Hall–Kier alpha value is -1.16. The van der Waals surface area contributed by atoms with Crippen LogP contribution in [0.2, 0.25) is 0 Å². The molecule has 1 saturated heterocycles. The third-order valence-corrected chi connectivity index (χ3v) is 2.26. The summed E-state index contributed by atoms with van der Waals surface area (Å²) in [6.45, 7) is 6.35. The van der Waals surface area contributed by atoms with Crippen LogP contribution < -0.4 is 0 Å². The molecule has 1 heterocycles. The maximum Gasteiger partial charge on any atom is 0.210 e. The number of allylic oxidation sites excluding steroid dienone is 1. The molecular weight excluding hydrogens is 202 g/mol. The first-order chi connectivity index (χ1) is 6.72. The molecule has 1 aliphatic rings. The summed E-state index contributed by atoms with van der Waals surface area (Å²) in [5.41, 5.74) is 2.59. The van der Waals surface area contributed by atoms with Gasteiger partial charge in [0.1, 0.15) is 6.00 Å². The molecule has 0 unspecified atom stereocenters. The van der Waals surface area contributed by atoms with E-state index < -0.39 is 0 Å². The second kappa shape index (κ2) is 4.91. The Morgan fingerprint density at radius 1 is 1.71 bits per heavy atom. The highest BCUT2D eigenvalue weighted by molar-refractivity contribution is 6.19. The molecule has 0 bridgehead atoms. The van der Waals surface area contributed by atoms with Crippen molar-refractivity contribution >= 4 is 30.4 Å². The molecule has 0 atom stereocenters. The van der Waals surface area contributed by atoms with Gasteiger partial charge in [-0.15, -0.1) is 11.6 Å². The van der Waals surface area contributed by atoms with Crippen molar-refractivity contribution in [1.82, 2.24) is 4.90 Å². The molecule has 0 saturated carbocycles. The van der Waals surface area contributed by atoms with E-state index in [1.807, 2.05) is 6.92 Å². The van der Waals surface area contributed by atoms with Gasteiger partial charge in [-0.2, -0.15) is 0 Å².